The van der Waals surface area contributed by atoms with Crippen LogP contribution in [0.25, 0.3) is 0 Å². The number of hydrogen-bond acceptors (Lipinski definition) is 2. The first-order valence-corrected chi connectivity index (χ1v) is 1.09. The van der Waals surface area contributed by atoms with Gasteiger partial charge in [-0.2, -0.15) is 0 Å². The van der Waals surface area contributed by atoms with Crippen LogP contribution >= 0.6 is 0 Å². The number of aliphatic hydroxyl groups is 2. The number of rotatable bonds is 0. The van der Waals surface area contributed by atoms with Gasteiger partial charge in [-0.3, -0.25) is 0 Å². The third kappa shape index (κ3) is 79.9. The first-order chi connectivity index (χ1) is 1.73. The maximum absolute atomic E-state index is 7.61. The number of hydrogen-bond donors (Lipinski definition) is 2. The van der Waals surface area contributed by atoms with Gasteiger partial charge in [-0.25, -0.2) is 0 Å². The smallest absolute Gasteiger partial charge is 0.148 e. The average molecular weight is 110 g/mol. The molecule has 30 valence electrons. The van der Waals surface area contributed by atoms with Crippen molar-refractivity contribution < 1.29 is 31.9 Å². The van der Waals surface area contributed by atoms with Gasteiger partial charge in [0.2, 0.25) is 0 Å². The van der Waals surface area contributed by atoms with Crippen LogP contribution in [0, 0.1) is 0 Å². The Kier molecular flexibility index (Phi) is 8.49. The Labute approximate surface area is 45.7 Å². The summed E-state index contributed by atoms with van der Waals surface area (Å²) in [6, 6.07) is 0. The van der Waals surface area contributed by atoms with E-state index in [9.17, 15) is 0 Å². The van der Waals surface area contributed by atoms with Crippen molar-refractivity contribution in [2.24, 2.45) is 0 Å². The molecule has 0 atom stereocenters. The first kappa shape index (κ1) is 9.16. The molecule has 0 spiro atoms. The summed E-state index contributed by atoms with van der Waals surface area (Å²) >= 11 is 0. The summed E-state index contributed by atoms with van der Waals surface area (Å²) in [7, 11) is 0. The Bertz CT molecular complexity index is 12.4. The van der Waals surface area contributed by atoms with Crippen LogP contribution in [-0.2, 0) is 21.7 Å². The molecule has 0 aliphatic heterocycles. The van der Waals surface area contributed by atoms with Gasteiger partial charge < -0.3 is 10.2 Å². The van der Waals surface area contributed by atoms with Crippen molar-refractivity contribution >= 4 is 0 Å². The summed E-state index contributed by atoms with van der Waals surface area (Å²) in [5, 5.41) is 15.2. The van der Waals surface area contributed by atoms with Crippen LogP contribution < -0.4 is 0 Å². The molecule has 0 rings (SSSR count). The second-order valence-electron chi connectivity index (χ2n) is 0.632. The molecule has 5 heavy (non-hydrogen) atoms. The van der Waals surface area contributed by atoms with Crippen molar-refractivity contribution in [2.45, 2.75) is 13.2 Å². The molecule has 0 amide bonds. The minimum Gasteiger partial charge on any atom is -0.368 e. The van der Waals surface area contributed by atoms with Gasteiger partial charge in [-0.05, 0) is 6.92 Å². The van der Waals surface area contributed by atoms with Gasteiger partial charge in [0.15, 0.2) is 0 Å². The summed E-state index contributed by atoms with van der Waals surface area (Å²) < 4.78 is 0. The van der Waals surface area contributed by atoms with E-state index in [1.165, 1.54) is 6.92 Å². The zero-order chi connectivity index (χ0) is 3.58. The van der Waals surface area contributed by atoms with Crippen LogP contribution in [0.4, 0.5) is 0 Å². The molecular formula is C2H6O2Ti. The van der Waals surface area contributed by atoms with E-state index in [1.54, 1.807) is 0 Å². The molecule has 0 aliphatic rings. The minimum absolute atomic E-state index is 0. The largest absolute Gasteiger partial charge is 0.368 e. The summed E-state index contributed by atoms with van der Waals surface area (Å²) in [5.74, 6) is 0. The minimum atomic E-state index is -1.17. The van der Waals surface area contributed by atoms with Gasteiger partial charge >= 0.3 is 0 Å². The fourth-order valence-electron chi connectivity index (χ4n) is 0. The van der Waals surface area contributed by atoms with Crippen molar-refractivity contribution in [3.8, 4) is 0 Å². The maximum atomic E-state index is 7.61. The van der Waals surface area contributed by atoms with Gasteiger partial charge in [0.25, 0.3) is 0 Å². The molecule has 0 unspecified atom stereocenters. The molecule has 0 aromatic rings. The quantitative estimate of drug-likeness (QED) is 0.320. The summed E-state index contributed by atoms with van der Waals surface area (Å²) in [6.45, 7) is 1.28. The Morgan fingerprint density at radius 2 is 1.40 bits per heavy atom. The van der Waals surface area contributed by atoms with Gasteiger partial charge in [-0.1, -0.05) is 0 Å². The van der Waals surface area contributed by atoms with Crippen molar-refractivity contribution in [2.75, 3.05) is 0 Å². The molecule has 0 aromatic heterocycles. The first-order valence-electron chi connectivity index (χ1n) is 1.09. The van der Waals surface area contributed by atoms with Crippen LogP contribution in [0.3, 0.4) is 0 Å². The molecule has 3 heteroatoms. The second-order valence-corrected chi connectivity index (χ2v) is 0.632. The van der Waals surface area contributed by atoms with E-state index in [0.717, 1.165) is 0 Å². The molecule has 2 N–H and O–H groups in total. The van der Waals surface area contributed by atoms with Crippen LogP contribution in [0.15, 0.2) is 0 Å². The summed E-state index contributed by atoms with van der Waals surface area (Å²) in [6.07, 6.45) is -1.17. The van der Waals surface area contributed by atoms with E-state index < -0.39 is 6.29 Å². The molecule has 0 bridgehead atoms. The summed E-state index contributed by atoms with van der Waals surface area (Å²) in [4.78, 5) is 0. The van der Waals surface area contributed by atoms with E-state index in [2.05, 4.69) is 0 Å². The van der Waals surface area contributed by atoms with Gasteiger partial charge in [0.1, 0.15) is 6.29 Å². The van der Waals surface area contributed by atoms with Gasteiger partial charge in [0, 0.05) is 21.7 Å². The maximum Gasteiger partial charge on any atom is 0.148 e. The average Bonchev–Trinajstić information content (AvgIpc) is 0.811. The predicted molar refractivity (Wildman–Crippen MR) is 13.9 cm³/mol. The topological polar surface area (TPSA) is 40.5 Å². The van der Waals surface area contributed by atoms with E-state index in [4.69, 9.17) is 10.2 Å². The van der Waals surface area contributed by atoms with Crippen LogP contribution in [0.5, 0.6) is 0 Å². The zero-order valence-electron chi connectivity index (χ0n) is 2.97. The van der Waals surface area contributed by atoms with E-state index in [1.807, 2.05) is 0 Å². The normalized spacial score (nSPS) is 7.20. The molecule has 0 fully saturated rings. The Hall–Kier alpha value is 0.634. The second kappa shape index (κ2) is 4.63. The fourth-order valence-corrected chi connectivity index (χ4v) is 0. The molecule has 2 nitrogen and oxygen atoms in total. The monoisotopic (exact) mass is 110 g/mol. The molecule has 0 saturated heterocycles. The van der Waals surface area contributed by atoms with E-state index >= 15 is 0 Å². The third-order valence-corrected chi connectivity index (χ3v) is 0. The predicted octanol–water partition coefficient (Wildman–Crippen LogP) is -0.685. The molecule has 0 saturated carbocycles. The van der Waals surface area contributed by atoms with E-state index in [-0.39, 0.29) is 21.7 Å². The van der Waals surface area contributed by atoms with Crippen molar-refractivity contribution in [1.29, 1.82) is 0 Å². The summed E-state index contributed by atoms with van der Waals surface area (Å²) in [5.41, 5.74) is 0. The van der Waals surface area contributed by atoms with Gasteiger partial charge in [-0.15, -0.1) is 0 Å². The molecule has 0 aliphatic carbocycles. The van der Waals surface area contributed by atoms with Crippen LogP contribution in [0.2, 0.25) is 0 Å². The van der Waals surface area contributed by atoms with Gasteiger partial charge in [0.05, 0.1) is 0 Å². The SMILES string of the molecule is CC(O)O.[Ti]. The van der Waals surface area contributed by atoms with Crippen molar-refractivity contribution in [1.82, 2.24) is 0 Å². The van der Waals surface area contributed by atoms with Crippen LogP contribution in [-0.4, -0.2) is 16.5 Å². The Morgan fingerprint density at radius 3 is 1.40 bits per heavy atom. The zero-order valence-corrected chi connectivity index (χ0v) is 4.53. The molecule has 0 aromatic carbocycles. The number of aliphatic hydroxyl groups excluding tert-OH is 1. The van der Waals surface area contributed by atoms with E-state index in [0.29, 0.717) is 0 Å². The molecule has 0 radical (unpaired) electrons. The standard InChI is InChI=1S/C2H6O2.Ti/c1-2(3)4;/h2-4H,1H3;. The Balaban J connectivity index is 0. The molecule has 0 heterocycles. The van der Waals surface area contributed by atoms with Crippen LogP contribution in [0.1, 0.15) is 6.92 Å². The third-order valence-electron chi connectivity index (χ3n) is 0. The van der Waals surface area contributed by atoms with Crippen molar-refractivity contribution in [3.63, 3.8) is 0 Å². The Morgan fingerprint density at radius 1 is 1.40 bits per heavy atom. The molecular weight excluding hydrogens is 104 g/mol. The van der Waals surface area contributed by atoms with Crippen molar-refractivity contribution in [3.05, 3.63) is 0 Å². The fraction of sp³-hybridized carbons (Fsp3) is 1.00.